The summed E-state index contributed by atoms with van der Waals surface area (Å²) in [5.41, 5.74) is 0. The minimum atomic E-state index is -0.0672. The Morgan fingerprint density at radius 3 is 2.56 bits per heavy atom. The molecule has 4 heteroatoms. The van der Waals surface area contributed by atoms with Gasteiger partial charge in [-0.2, -0.15) is 0 Å². The van der Waals surface area contributed by atoms with Crippen LogP contribution in [0.3, 0.4) is 0 Å². The third-order valence-electron chi connectivity index (χ3n) is 2.33. The van der Waals surface area contributed by atoms with Crippen LogP contribution in [0, 0.1) is 0 Å². The van der Waals surface area contributed by atoms with Crippen molar-refractivity contribution in [3.8, 4) is 0 Å². The third kappa shape index (κ3) is 4.16. The fraction of sp³-hybridized carbons (Fsp3) is 0.583. The Hall–Kier alpha value is -1.13. The SMILES string of the molecule is O=C(CCCO)c1ccc(CCCCO)o1. The fourth-order valence-electron chi connectivity index (χ4n) is 1.44. The number of hydrogen-bond acceptors (Lipinski definition) is 4. The second-order valence-electron chi connectivity index (χ2n) is 3.70. The molecule has 16 heavy (non-hydrogen) atoms. The molecule has 0 amide bonds. The van der Waals surface area contributed by atoms with Crippen molar-refractivity contribution in [3.05, 3.63) is 23.7 Å². The van der Waals surface area contributed by atoms with E-state index < -0.39 is 0 Å². The first-order valence-corrected chi connectivity index (χ1v) is 5.61. The number of aliphatic hydroxyl groups excluding tert-OH is 2. The summed E-state index contributed by atoms with van der Waals surface area (Å²) in [5.74, 6) is 1.08. The minimum Gasteiger partial charge on any atom is -0.458 e. The summed E-state index contributed by atoms with van der Waals surface area (Å²) in [7, 11) is 0. The number of carbonyl (C=O) groups is 1. The summed E-state index contributed by atoms with van der Waals surface area (Å²) in [6.07, 6.45) is 3.14. The number of furan rings is 1. The van der Waals surface area contributed by atoms with E-state index in [-0.39, 0.29) is 19.0 Å². The Morgan fingerprint density at radius 1 is 1.12 bits per heavy atom. The molecule has 0 atom stereocenters. The Labute approximate surface area is 94.9 Å². The highest BCUT2D eigenvalue weighted by Gasteiger charge is 2.10. The number of carbonyl (C=O) groups excluding carboxylic acids is 1. The van der Waals surface area contributed by atoms with E-state index in [0.717, 1.165) is 25.0 Å². The molecule has 90 valence electrons. The molecule has 0 saturated carbocycles. The van der Waals surface area contributed by atoms with Gasteiger partial charge in [0.2, 0.25) is 0 Å². The molecule has 2 N–H and O–H groups in total. The number of Topliss-reactive ketones (excluding diaryl/α,β-unsaturated/α-hetero) is 1. The smallest absolute Gasteiger partial charge is 0.198 e. The van der Waals surface area contributed by atoms with Gasteiger partial charge >= 0.3 is 0 Å². The van der Waals surface area contributed by atoms with Crippen molar-refractivity contribution < 1.29 is 19.4 Å². The molecule has 1 aromatic heterocycles. The summed E-state index contributed by atoms with van der Waals surface area (Å²) < 4.78 is 5.38. The molecule has 0 spiro atoms. The van der Waals surface area contributed by atoms with Gasteiger partial charge in [0.25, 0.3) is 0 Å². The van der Waals surface area contributed by atoms with Gasteiger partial charge in [0, 0.05) is 26.1 Å². The molecule has 0 aliphatic heterocycles. The van der Waals surface area contributed by atoms with E-state index >= 15 is 0 Å². The zero-order chi connectivity index (χ0) is 11.8. The average Bonchev–Trinajstić information content (AvgIpc) is 2.75. The van der Waals surface area contributed by atoms with Gasteiger partial charge in [-0.1, -0.05) is 0 Å². The monoisotopic (exact) mass is 226 g/mol. The topological polar surface area (TPSA) is 70.7 Å². The molecule has 0 aromatic carbocycles. The van der Waals surface area contributed by atoms with Crippen LogP contribution in [0.1, 0.15) is 42.0 Å². The van der Waals surface area contributed by atoms with Crippen LogP contribution in [-0.2, 0) is 6.42 Å². The lowest BCUT2D eigenvalue weighted by atomic mass is 10.2. The van der Waals surface area contributed by atoms with E-state index in [1.54, 1.807) is 12.1 Å². The lowest BCUT2D eigenvalue weighted by molar-refractivity contribution is 0.0942. The van der Waals surface area contributed by atoms with Crippen molar-refractivity contribution in [1.82, 2.24) is 0 Å². The summed E-state index contributed by atoms with van der Waals surface area (Å²) in [6.45, 7) is 0.207. The third-order valence-corrected chi connectivity index (χ3v) is 2.33. The van der Waals surface area contributed by atoms with E-state index in [1.807, 2.05) is 0 Å². The average molecular weight is 226 g/mol. The van der Waals surface area contributed by atoms with Gasteiger partial charge in [-0.15, -0.1) is 0 Å². The molecule has 1 rings (SSSR count). The first kappa shape index (κ1) is 12.9. The lowest BCUT2D eigenvalue weighted by Crippen LogP contribution is -1.98. The van der Waals surface area contributed by atoms with Crippen molar-refractivity contribution in [2.75, 3.05) is 13.2 Å². The van der Waals surface area contributed by atoms with E-state index in [9.17, 15) is 4.79 Å². The van der Waals surface area contributed by atoms with Gasteiger partial charge < -0.3 is 14.6 Å². The Morgan fingerprint density at radius 2 is 1.88 bits per heavy atom. The quantitative estimate of drug-likeness (QED) is 0.521. The maximum Gasteiger partial charge on any atom is 0.198 e. The number of aryl methyl sites for hydroxylation is 1. The standard InChI is InChI=1S/C12H18O4/c13-8-2-1-4-10-6-7-12(16-10)11(15)5-3-9-14/h6-7,13-14H,1-5,8-9H2. The van der Waals surface area contributed by atoms with Crippen molar-refractivity contribution in [2.24, 2.45) is 0 Å². The first-order chi connectivity index (χ1) is 7.77. The van der Waals surface area contributed by atoms with Crippen molar-refractivity contribution in [2.45, 2.75) is 32.1 Å². The molecule has 0 fully saturated rings. The predicted molar refractivity (Wildman–Crippen MR) is 59.4 cm³/mol. The Bertz CT molecular complexity index is 317. The fourth-order valence-corrected chi connectivity index (χ4v) is 1.44. The Balaban J connectivity index is 2.41. The van der Waals surface area contributed by atoms with E-state index in [0.29, 0.717) is 18.6 Å². The number of rotatable bonds is 8. The molecule has 0 aliphatic rings. The normalized spacial score (nSPS) is 10.6. The lowest BCUT2D eigenvalue weighted by Gasteiger charge is -1.96. The van der Waals surface area contributed by atoms with Gasteiger partial charge in [-0.3, -0.25) is 4.79 Å². The van der Waals surface area contributed by atoms with Crippen LogP contribution in [0.25, 0.3) is 0 Å². The maximum atomic E-state index is 11.5. The van der Waals surface area contributed by atoms with Crippen LogP contribution >= 0.6 is 0 Å². The van der Waals surface area contributed by atoms with Crippen LogP contribution in [0.4, 0.5) is 0 Å². The maximum absolute atomic E-state index is 11.5. The summed E-state index contributed by atoms with van der Waals surface area (Å²) in [5, 5.41) is 17.2. The zero-order valence-electron chi connectivity index (χ0n) is 9.32. The molecule has 0 aliphatic carbocycles. The van der Waals surface area contributed by atoms with Crippen molar-refractivity contribution >= 4 is 5.78 Å². The molecule has 1 heterocycles. The molecule has 0 radical (unpaired) electrons. The van der Waals surface area contributed by atoms with Crippen LogP contribution in [-0.4, -0.2) is 29.2 Å². The number of aliphatic hydroxyl groups is 2. The van der Waals surface area contributed by atoms with Crippen LogP contribution in [0.2, 0.25) is 0 Å². The first-order valence-electron chi connectivity index (χ1n) is 5.61. The predicted octanol–water partition coefficient (Wildman–Crippen LogP) is 1.55. The van der Waals surface area contributed by atoms with Gasteiger partial charge in [-0.05, 0) is 31.4 Å². The molecular weight excluding hydrogens is 208 g/mol. The summed E-state index contributed by atoms with van der Waals surface area (Å²) >= 11 is 0. The van der Waals surface area contributed by atoms with Gasteiger partial charge in [-0.25, -0.2) is 0 Å². The van der Waals surface area contributed by atoms with Crippen LogP contribution in [0.5, 0.6) is 0 Å². The van der Waals surface area contributed by atoms with Crippen molar-refractivity contribution in [3.63, 3.8) is 0 Å². The summed E-state index contributed by atoms with van der Waals surface area (Å²) in [4.78, 5) is 11.5. The van der Waals surface area contributed by atoms with Crippen LogP contribution in [0.15, 0.2) is 16.5 Å². The molecular formula is C12H18O4. The zero-order valence-corrected chi connectivity index (χ0v) is 9.32. The Kier molecular flexibility index (Phi) is 5.82. The number of hydrogen-bond donors (Lipinski definition) is 2. The number of ketones is 1. The van der Waals surface area contributed by atoms with Crippen LogP contribution < -0.4 is 0 Å². The van der Waals surface area contributed by atoms with Crippen molar-refractivity contribution in [1.29, 1.82) is 0 Å². The number of unbranched alkanes of at least 4 members (excludes halogenated alkanes) is 1. The highest BCUT2D eigenvalue weighted by atomic mass is 16.3. The van der Waals surface area contributed by atoms with Gasteiger partial charge in [0.1, 0.15) is 5.76 Å². The molecule has 1 aromatic rings. The molecule has 0 saturated heterocycles. The van der Waals surface area contributed by atoms with E-state index in [1.165, 1.54) is 0 Å². The largest absolute Gasteiger partial charge is 0.458 e. The molecule has 0 unspecified atom stereocenters. The van der Waals surface area contributed by atoms with Gasteiger partial charge in [0.05, 0.1) is 0 Å². The molecule has 0 bridgehead atoms. The molecule has 4 nitrogen and oxygen atoms in total. The van der Waals surface area contributed by atoms with E-state index in [4.69, 9.17) is 14.6 Å². The van der Waals surface area contributed by atoms with E-state index in [2.05, 4.69) is 0 Å². The second kappa shape index (κ2) is 7.19. The highest BCUT2D eigenvalue weighted by molar-refractivity contribution is 5.93. The highest BCUT2D eigenvalue weighted by Crippen LogP contribution is 2.13. The summed E-state index contributed by atoms with van der Waals surface area (Å²) in [6, 6.07) is 3.47. The minimum absolute atomic E-state index is 0.0236. The van der Waals surface area contributed by atoms with Gasteiger partial charge in [0.15, 0.2) is 11.5 Å². The second-order valence-corrected chi connectivity index (χ2v) is 3.70.